The molecule has 129 valence electrons. The number of likely N-dealkylation sites (tertiary alicyclic amines) is 1. The molecule has 1 radical (unpaired) electrons. The van der Waals surface area contributed by atoms with E-state index in [0.29, 0.717) is 5.56 Å². The molecule has 0 bridgehead atoms. The SMILES string of the molecule is CN[C@@H]1CCCN1C(=O)CNC(=O)c1cccc2cc[c-]cc12.[Co]. The summed E-state index contributed by atoms with van der Waals surface area (Å²) in [6, 6.07) is 14.1. The molecule has 3 rings (SSSR count). The smallest absolute Gasteiger partial charge is 0.243 e. The van der Waals surface area contributed by atoms with Crippen molar-refractivity contribution in [2.75, 3.05) is 20.1 Å². The molecule has 1 aliphatic rings. The van der Waals surface area contributed by atoms with Crippen LogP contribution < -0.4 is 10.6 Å². The number of nitrogens with zero attached hydrogens (tertiary/aromatic N) is 1. The van der Waals surface area contributed by atoms with Gasteiger partial charge in [0.1, 0.15) is 0 Å². The summed E-state index contributed by atoms with van der Waals surface area (Å²) in [4.78, 5) is 26.5. The molecule has 0 spiro atoms. The summed E-state index contributed by atoms with van der Waals surface area (Å²) in [7, 11) is 1.85. The third kappa shape index (κ3) is 3.77. The normalized spacial score (nSPS) is 16.7. The molecule has 6 heteroatoms. The zero-order valence-corrected chi connectivity index (χ0v) is 14.5. The van der Waals surface area contributed by atoms with Gasteiger partial charge in [-0.1, -0.05) is 18.2 Å². The van der Waals surface area contributed by atoms with E-state index in [2.05, 4.69) is 16.7 Å². The van der Waals surface area contributed by atoms with E-state index < -0.39 is 0 Å². The third-order valence-corrected chi connectivity index (χ3v) is 4.28. The summed E-state index contributed by atoms with van der Waals surface area (Å²) < 4.78 is 0. The van der Waals surface area contributed by atoms with Gasteiger partial charge in [-0.3, -0.25) is 9.59 Å². The van der Waals surface area contributed by atoms with Gasteiger partial charge in [0.2, 0.25) is 11.8 Å². The summed E-state index contributed by atoms with van der Waals surface area (Å²) in [6.07, 6.45) is 2.02. The van der Waals surface area contributed by atoms with Gasteiger partial charge in [-0.15, -0.1) is 10.8 Å². The van der Waals surface area contributed by atoms with Crippen LogP contribution in [0.4, 0.5) is 0 Å². The van der Waals surface area contributed by atoms with Gasteiger partial charge in [-0.2, -0.15) is 24.3 Å². The minimum absolute atomic E-state index is 0. The summed E-state index contributed by atoms with van der Waals surface area (Å²) >= 11 is 0. The zero-order chi connectivity index (χ0) is 16.2. The van der Waals surface area contributed by atoms with Crippen molar-refractivity contribution in [2.24, 2.45) is 0 Å². The van der Waals surface area contributed by atoms with E-state index in [1.54, 1.807) is 17.0 Å². The minimum atomic E-state index is -0.233. The molecule has 2 aromatic carbocycles. The molecule has 2 N–H and O–H groups in total. The number of carbonyl (C=O) groups is 2. The second-order valence-corrected chi connectivity index (χ2v) is 5.67. The van der Waals surface area contributed by atoms with Gasteiger partial charge < -0.3 is 15.5 Å². The maximum atomic E-state index is 12.4. The first-order chi connectivity index (χ1) is 11.2. The molecular formula is C18H20CoN3O2-. The van der Waals surface area contributed by atoms with Crippen molar-refractivity contribution >= 4 is 22.6 Å². The largest absolute Gasteiger partial charge is 0.344 e. The quantitative estimate of drug-likeness (QED) is 0.804. The van der Waals surface area contributed by atoms with E-state index in [1.807, 2.05) is 31.3 Å². The topological polar surface area (TPSA) is 61.4 Å². The number of rotatable bonds is 4. The molecule has 0 saturated carbocycles. The minimum Gasteiger partial charge on any atom is -0.344 e. The number of carbonyl (C=O) groups excluding carboxylic acids is 2. The van der Waals surface area contributed by atoms with Crippen LogP contribution in [0.3, 0.4) is 0 Å². The van der Waals surface area contributed by atoms with Gasteiger partial charge >= 0.3 is 0 Å². The van der Waals surface area contributed by atoms with Crippen LogP contribution in [0.5, 0.6) is 0 Å². The number of nitrogens with one attached hydrogen (secondary N) is 2. The van der Waals surface area contributed by atoms with Crippen LogP contribution in [0.15, 0.2) is 36.4 Å². The first kappa shape index (κ1) is 18.4. The van der Waals surface area contributed by atoms with Crippen LogP contribution in [0.2, 0.25) is 0 Å². The molecule has 0 aromatic heterocycles. The molecule has 24 heavy (non-hydrogen) atoms. The van der Waals surface area contributed by atoms with E-state index in [9.17, 15) is 9.59 Å². The van der Waals surface area contributed by atoms with Crippen LogP contribution in [0.1, 0.15) is 23.2 Å². The maximum Gasteiger partial charge on any atom is 0.243 e. The first-order valence-electron chi connectivity index (χ1n) is 7.84. The standard InChI is InChI=1S/C18H20N3O2.Co/c1-19-16-10-5-11-21(16)17(22)12-20-18(23)15-9-4-7-13-6-2-3-8-14(13)15;/h2,4,6-9,16,19H,5,10-12H2,1H3,(H,20,23);/q-1;/t16-;/m0./s1. The van der Waals surface area contributed by atoms with Crippen molar-refractivity contribution in [3.63, 3.8) is 0 Å². The molecule has 0 unspecified atom stereocenters. The molecule has 1 aliphatic heterocycles. The molecular weight excluding hydrogens is 349 g/mol. The average Bonchev–Trinajstić information content (AvgIpc) is 3.07. The van der Waals surface area contributed by atoms with Crippen molar-refractivity contribution in [1.29, 1.82) is 0 Å². The van der Waals surface area contributed by atoms with Crippen LogP contribution in [-0.4, -0.2) is 43.0 Å². The van der Waals surface area contributed by atoms with E-state index >= 15 is 0 Å². The van der Waals surface area contributed by atoms with Crippen molar-refractivity contribution in [3.8, 4) is 0 Å². The fraction of sp³-hybridized carbons (Fsp3) is 0.333. The van der Waals surface area contributed by atoms with E-state index in [0.717, 1.165) is 30.2 Å². The van der Waals surface area contributed by atoms with Crippen molar-refractivity contribution in [1.82, 2.24) is 15.5 Å². The molecule has 1 saturated heterocycles. The Bertz CT molecular complexity index is 730. The Labute approximate surface area is 152 Å². The number of hydrogen-bond acceptors (Lipinski definition) is 3. The summed E-state index contributed by atoms with van der Waals surface area (Å²) in [5, 5.41) is 7.69. The van der Waals surface area contributed by atoms with Crippen LogP contribution in [0, 0.1) is 6.07 Å². The summed E-state index contributed by atoms with van der Waals surface area (Å²) in [5.74, 6) is -0.286. The Morgan fingerprint density at radius 3 is 2.96 bits per heavy atom. The summed E-state index contributed by atoms with van der Waals surface area (Å²) in [6.45, 7) is 0.757. The zero-order valence-electron chi connectivity index (χ0n) is 13.5. The second kappa shape index (κ2) is 8.28. The van der Waals surface area contributed by atoms with Crippen LogP contribution in [-0.2, 0) is 21.6 Å². The number of benzene rings is 2. The molecule has 1 fully saturated rings. The predicted molar refractivity (Wildman–Crippen MR) is 88.9 cm³/mol. The second-order valence-electron chi connectivity index (χ2n) is 5.67. The molecule has 5 nitrogen and oxygen atoms in total. The monoisotopic (exact) mass is 369 g/mol. The third-order valence-electron chi connectivity index (χ3n) is 4.28. The number of fused-ring (bicyclic) bond motifs is 1. The van der Waals surface area contributed by atoms with Crippen LogP contribution >= 0.6 is 0 Å². The Morgan fingerprint density at radius 2 is 2.17 bits per heavy atom. The van der Waals surface area contributed by atoms with Crippen molar-refractivity contribution < 1.29 is 26.4 Å². The molecule has 0 aliphatic carbocycles. The van der Waals surface area contributed by atoms with Gasteiger partial charge in [-0.25, -0.2) is 0 Å². The van der Waals surface area contributed by atoms with Gasteiger partial charge in [-0.05, 0) is 25.5 Å². The number of hydrogen-bond donors (Lipinski definition) is 2. The van der Waals surface area contributed by atoms with Gasteiger partial charge in [0, 0.05) is 23.3 Å². The molecule has 2 aromatic rings. The summed E-state index contributed by atoms with van der Waals surface area (Å²) in [5.41, 5.74) is 0.568. The van der Waals surface area contributed by atoms with Crippen molar-refractivity contribution in [2.45, 2.75) is 19.0 Å². The first-order valence-corrected chi connectivity index (χ1v) is 7.84. The average molecular weight is 369 g/mol. The Kier molecular flexibility index (Phi) is 6.36. The van der Waals surface area contributed by atoms with E-state index in [1.165, 1.54) is 0 Å². The molecule has 1 atom stereocenters. The van der Waals surface area contributed by atoms with Gasteiger partial charge in [0.15, 0.2) is 0 Å². The Balaban J connectivity index is 0.00000208. The Hall–Kier alpha value is -1.89. The molecule has 2 amide bonds. The fourth-order valence-electron chi connectivity index (χ4n) is 3.07. The maximum absolute atomic E-state index is 12.4. The van der Waals surface area contributed by atoms with Crippen molar-refractivity contribution in [3.05, 3.63) is 48.0 Å². The number of amides is 2. The van der Waals surface area contributed by atoms with Crippen LogP contribution in [0.25, 0.3) is 10.8 Å². The van der Waals surface area contributed by atoms with Gasteiger partial charge in [0.05, 0.1) is 12.7 Å². The molecule has 1 heterocycles. The fourth-order valence-corrected chi connectivity index (χ4v) is 3.07. The Morgan fingerprint density at radius 1 is 1.33 bits per heavy atom. The van der Waals surface area contributed by atoms with E-state index in [4.69, 9.17) is 0 Å². The predicted octanol–water partition coefficient (Wildman–Crippen LogP) is 1.54. The van der Waals surface area contributed by atoms with Gasteiger partial charge in [0.25, 0.3) is 0 Å². The van der Waals surface area contributed by atoms with E-state index in [-0.39, 0.29) is 41.3 Å².